The minimum atomic E-state index is -3.44. The van der Waals surface area contributed by atoms with Crippen molar-refractivity contribution >= 4 is 21.6 Å². The Morgan fingerprint density at radius 3 is 2.67 bits per heavy atom. The fourth-order valence-electron chi connectivity index (χ4n) is 1.35. The van der Waals surface area contributed by atoms with Crippen molar-refractivity contribution in [2.24, 2.45) is 0 Å². The third-order valence-corrected chi connectivity index (χ3v) is 4.11. The Balaban J connectivity index is 2.20. The number of nitrogens with zero attached hydrogens (tertiary/aromatic N) is 1. The molecule has 2 rings (SSSR count). The zero-order chi connectivity index (χ0) is 10.9. The van der Waals surface area contributed by atoms with Crippen LogP contribution >= 0.6 is 11.6 Å². The van der Waals surface area contributed by atoms with Gasteiger partial charge >= 0.3 is 0 Å². The Hall–Kier alpha value is -0.650. The van der Waals surface area contributed by atoms with Gasteiger partial charge in [-0.1, -0.05) is 18.0 Å². The van der Waals surface area contributed by atoms with Gasteiger partial charge in [-0.05, 0) is 18.9 Å². The summed E-state index contributed by atoms with van der Waals surface area (Å²) in [7, 11) is -3.44. The highest BCUT2D eigenvalue weighted by Gasteiger charge is 2.24. The minimum absolute atomic E-state index is 0.0778. The molecule has 15 heavy (non-hydrogen) atoms. The number of hydrogen-bond donors (Lipinski definition) is 1. The molecule has 6 heteroatoms. The minimum Gasteiger partial charge on any atom is -0.262 e. The van der Waals surface area contributed by atoms with Crippen LogP contribution in [0.25, 0.3) is 0 Å². The van der Waals surface area contributed by atoms with Crippen molar-refractivity contribution in [1.82, 2.24) is 9.71 Å². The summed E-state index contributed by atoms with van der Waals surface area (Å²) in [4.78, 5) is 3.88. The van der Waals surface area contributed by atoms with Crippen LogP contribution in [0, 0.1) is 0 Å². The molecule has 1 N–H and O–H groups in total. The zero-order valence-electron chi connectivity index (χ0n) is 7.98. The van der Waals surface area contributed by atoms with Crippen LogP contribution in [-0.4, -0.2) is 19.4 Å². The van der Waals surface area contributed by atoms with E-state index in [0.29, 0.717) is 5.02 Å². The standard InChI is InChI=1S/C9H11ClN2O2S/c10-7-4-9(6-11-5-7)15(13,14)12-8-2-1-3-8/h4-6,8,12H,1-3H2. The molecule has 0 aliphatic heterocycles. The smallest absolute Gasteiger partial charge is 0.242 e. The normalized spacial score (nSPS) is 17.4. The zero-order valence-corrected chi connectivity index (χ0v) is 9.55. The molecule has 1 aliphatic rings. The SMILES string of the molecule is O=S(=O)(NC1CCC1)c1cncc(Cl)c1. The van der Waals surface area contributed by atoms with Crippen LogP contribution in [0.4, 0.5) is 0 Å². The number of sulfonamides is 1. The highest BCUT2D eigenvalue weighted by molar-refractivity contribution is 7.89. The van der Waals surface area contributed by atoms with E-state index in [9.17, 15) is 8.42 Å². The van der Waals surface area contributed by atoms with Gasteiger partial charge in [0.15, 0.2) is 0 Å². The maximum Gasteiger partial charge on any atom is 0.242 e. The highest BCUT2D eigenvalue weighted by atomic mass is 35.5. The van der Waals surface area contributed by atoms with E-state index < -0.39 is 10.0 Å². The van der Waals surface area contributed by atoms with E-state index in [1.807, 2.05) is 0 Å². The van der Waals surface area contributed by atoms with Crippen molar-refractivity contribution in [3.8, 4) is 0 Å². The molecule has 1 aromatic heterocycles. The van der Waals surface area contributed by atoms with E-state index >= 15 is 0 Å². The first kappa shape index (κ1) is 10.9. The maximum atomic E-state index is 11.8. The number of pyridine rings is 1. The van der Waals surface area contributed by atoms with Crippen LogP contribution in [0.1, 0.15) is 19.3 Å². The van der Waals surface area contributed by atoms with Gasteiger partial charge in [0.1, 0.15) is 4.90 Å². The fraction of sp³-hybridized carbons (Fsp3) is 0.444. The summed E-state index contributed by atoms with van der Waals surface area (Å²) in [5.74, 6) is 0. The molecule has 0 bridgehead atoms. The van der Waals surface area contributed by atoms with E-state index in [1.54, 1.807) is 0 Å². The monoisotopic (exact) mass is 246 g/mol. The number of rotatable bonds is 3. The quantitative estimate of drug-likeness (QED) is 0.881. The lowest BCUT2D eigenvalue weighted by Crippen LogP contribution is -2.39. The van der Waals surface area contributed by atoms with Crippen LogP contribution in [0.3, 0.4) is 0 Å². The molecule has 0 aromatic carbocycles. The number of nitrogens with one attached hydrogen (secondary N) is 1. The third kappa shape index (κ3) is 2.48. The van der Waals surface area contributed by atoms with Crippen LogP contribution in [0.2, 0.25) is 5.02 Å². The molecule has 82 valence electrons. The molecular formula is C9H11ClN2O2S. The Kier molecular flexibility index (Phi) is 2.95. The van der Waals surface area contributed by atoms with Crippen LogP contribution in [0.15, 0.2) is 23.4 Å². The molecule has 1 heterocycles. The lowest BCUT2D eigenvalue weighted by Gasteiger charge is -2.25. The second-order valence-electron chi connectivity index (χ2n) is 3.59. The van der Waals surface area contributed by atoms with Crippen molar-refractivity contribution in [3.63, 3.8) is 0 Å². The predicted octanol–water partition coefficient (Wildman–Crippen LogP) is 1.57. The van der Waals surface area contributed by atoms with Crippen molar-refractivity contribution < 1.29 is 8.42 Å². The van der Waals surface area contributed by atoms with E-state index in [-0.39, 0.29) is 10.9 Å². The first-order valence-corrected chi connectivity index (χ1v) is 6.57. The molecule has 0 unspecified atom stereocenters. The van der Waals surface area contributed by atoms with Gasteiger partial charge in [0, 0.05) is 18.4 Å². The van der Waals surface area contributed by atoms with E-state index in [0.717, 1.165) is 19.3 Å². The van der Waals surface area contributed by atoms with Gasteiger partial charge in [-0.2, -0.15) is 0 Å². The van der Waals surface area contributed by atoms with Crippen LogP contribution in [-0.2, 0) is 10.0 Å². The Bertz CT molecular complexity index is 457. The molecule has 1 aliphatic carbocycles. The predicted molar refractivity (Wildman–Crippen MR) is 57.2 cm³/mol. The first-order valence-electron chi connectivity index (χ1n) is 4.71. The lowest BCUT2D eigenvalue weighted by atomic mass is 9.94. The van der Waals surface area contributed by atoms with E-state index in [2.05, 4.69) is 9.71 Å². The first-order chi connectivity index (χ1) is 7.08. The summed E-state index contributed by atoms with van der Waals surface area (Å²) in [6, 6.07) is 1.48. The van der Waals surface area contributed by atoms with Gasteiger partial charge < -0.3 is 0 Å². The molecule has 0 saturated heterocycles. The van der Waals surface area contributed by atoms with Gasteiger partial charge in [-0.3, -0.25) is 4.98 Å². The second kappa shape index (κ2) is 4.08. The average molecular weight is 247 g/mol. The van der Waals surface area contributed by atoms with Gasteiger partial charge in [0.25, 0.3) is 0 Å². The van der Waals surface area contributed by atoms with Crippen molar-refractivity contribution in [2.75, 3.05) is 0 Å². The maximum absolute atomic E-state index is 11.8. The molecule has 4 nitrogen and oxygen atoms in total. The Morgan fingerprint density at radius 2 is 2.13 bits per heavy atom. The summed E-state index contributed by atoms with van der Waals surface area (Å²) in [6.45, 7) is 0. The summed E-state index contributed by atoms with van der Waals surface area (Å²) >= 11 is 5.68. The number of halogens is 1. The van der Waals surface area contributed by atoms with Crippen molar-refractivity contribution in [1.29, 1.82) is 0 Å². The van der Waals surface area contributed by atoms with E-state index in [1.165, 1.54) is 18.5 Å². The van der Waals surface area contributed by atoms with Crippen molar-refractivity contribution in [3.05, 3.63) is 23.5 Å². The molecular weight excluding hydrogens is 236 g/mol. The molecule has 0 amide bonds. The molecule has 1 saturated carbocycles. The highest BCUT2D eigenvalue weighted by Crippen LogP contribution is 2.21. The van der Waals surface area contributed by atoms with E-state index in [4.69, 9.17) is 11.6 Å². The number of hydrogen-bond acceptors (Lipinski definition) is 3. The molecule has 0 radical (unpaired) electrons. The molecule has 1 fully saturated rings. The van der Waals surface area contributed by atoms with Gasteiger partial charge in [-0.15, -0.1) is 0 Å². The summed E-state index contributed by atoms with van der Waals surface area (Å²) in [5.41, 5.74) is 0. The van der Waals surface area contributed by atoms with Gasteiger partial charge in [0.2, 0.25) is 10.0 Å². The molecule has 1 aromatic rings. The summed E-state index contributed by atoms with van der Waals surface area (Å²) in [5, 5.41) is 0.325. The van der Waals surface area contributed by atoms with Crippen LogP contribution < -0.4 is 4.72 Å². The lowest BCUT2D eigenvalue weighted by molar-refractivity contribution is 0.383. The number of aromatic nitrogens is 1. The summed E-state index contributed by atoms with van der Waals surface area (Å²) in [6.07, 6.45) is 5.61. The topological polar surface area (TPSA) is 59.1 Å². The van der Waals surface area contributed by atoms with Gasteiger partial charge in [0.05, 0.1) is 5.02 Å². The summed E-state index contributed by atoms with van der Waals surface area (Å²) < 4.78 is 26.2. The van der Waals surface area contributed by atoms with Crippen molar-refractivity contribution in [2.45, 2.75) is 30.2 Å². The third-order valence-electron chi connectivity index (χ3n) is 2.42. The molecule has 0 spiro atoms. The largest absolute Gasteiger partial charge is 0.262 e. The van der Waals surface area contributed by atoms with Crippen LogP contribution in [0.5, 0.6) is 0 Å². The second-order valence-corrected chi connectivity index (χ2v) is 5.74. The Labute approximate surface area is 93.7 Å². The fourth-order valence-corrected chi connectivity index (χ4v) is 2.88. The Morgan fingerprint density at radius 1 is 1.40 bits per heavy atom. The average Bonchev–Trinajstić information content (AvgIpc) is 2.12. The van der Waals surface area contributed by atoms with Gasteiger partial charge in [-0.25, -0.2) is 13.1 Å². The molecule has 0 atom stereocenters.